The zero-order chi connectivity index (χ0) is 13.7. The normalized spacial score (nSPS) is 23.0. The molecule has 104 valence electrons. The van der Waals surface area contributed by atoms with E-state index in [1.165, 1.54) is 12.8 Å². The van der Waals surface area contributed by atoms with E-state index in [1.807, 2.05) is 24.3 Å². The molecule has 0 spiro atoms. The number of aliphatic carboxylic acids is 1. The number of nitrogens with two attached hydrogens (primary N) is 1. The number of benzene rings is 1. The monoisotopic (exact) mass is 262 g/mol. The standard InChI is InChI=1S/C15H22N2O2/c16-13-6-4-11(5-7-13)10-17-14-3-1-2-12(8-14)9-15(18)19/h1-3,8,11,13,17H,4-7,9-10,16H2,(H,18,19)/t11-,13-. The van der Waals surface area contributed by atoms with Crippen molar-refractivity contribution in [2.75, 3.05) is 11.9 Å². The Balaban J connectivity index is 1.83. The van der Waals surface area contributed by atoms with Gasteiger partial charge in [-0.3, -0.25) is 4.79 Å². The Kier molecular flexibility index (Phi) is 4.80. The van der Waals surface area contributed by atoms with Gasteiger partial charge in [-0.05, 0) is 49.3 Å². The van der Waals surface area contributed by atoms with E-state index in [-0.39, 0.29) is 6.42 Å². The van der Waals surface area contributed by atoms with Crippen LogP contribution >= 0.6 is 0 Å². The molecule has 0 radical (unpaired) electrons. The SMILES string of the molecule is N[C@H]1CC[C@H](CNc2cccc(CC(=O)O)c2)CC1. The molecule has 4 heteroatoms. The summed E-state index contributed by atoms with van der Waals surface area (Å²) in [4.78, 5) is 10.7. The molecule has 1 aliphatic rings. The van der Waals surface area contributed by atoms with Crippen LogP contribution < -0.4 is 11.1 Å². The predicted molar refractivity (Wildman–Crippen MR) is 76.2 cm³/mol. The zero-order valence-corrected chi connectivity index (χ0v) is 11.1. The molecular weight excluding hydrogens is 240 g/mol. The van der Waals surface area contributed by atoms with Crippen molar-refractivity contribution in [2.24, 2.45) is 11.7 Å². The number of nitrogens with one attached hydrogen (secondary N) is 1. The van der Waals surface area contributed by atoms with Gasteiger partial charge in [-0.25, -0.2) is 0 Å². The minimum absolute atomic E-state index is 0.0772. The predicted octanol–water partition coefficient (Wildman–Crippen LogP) is 2.24. The van der Waals surface area contributed by atoms with Gasteiger partial charge in [-0.1, -0.05) is 12.1 Å². The molecule has 0 saturated heterocycles. The molecule has 1 aromatic carbocycles. The number of carbonyl (C=O) groups is 1. The van der Waals surface area contributed by atoms with Crippen molar-refractivity contribution in [3.05, 3.63) is 29.8 Å². The lowest BCUT2D eigenvalue weighted by molar-refractivity contribution is -0.136. The number of carboxylic acids is 1. The lowest BCUT2D eigenvalue weighted by Crippen LogP contribution is -2.29. The highest BCUT2D eigenvalue weighted by molar-refractivity contribution is 5.70. The fraction of sp³-hybridized carbons (Fsp3) is 0.533. The summed E-state index contributed by atoms with van der Waals surface area (Å²) in [6.45, 7) is 0.948. The molecule has 0 bridgehead atoms. The van der Waals surface area contributed by atoms with Crippen molar-refractivity contribution >= 4 is 11.7 Å². The van der Waals surface area contributed by atoms with E-state index in [4.69, 9.17) is 10.8 Å². The second-order valence-electron chi connectivity index (χ2n) is 5.43. The highest BCUT2D eigenvalue weighted by Crippen LogP contribution is 2.23. The summed E-state index contributed by atoms with van der Waals surface area (Å²) in [5.74, 6) is -0.110. The maximum atomic E-state index is 10.7. The maximum absolute atomic E-state index is 10.7. The van der Waals surface area contributed by atoms with Crippen LogP contribution in [-0.4, -0.2) is 23.7 Å². The van der Waals surface area contributed by atoms with Crippen molar-refractivity contribution in [3.8, 4) is 0 Å². The number of anilines is 1. The highest BCUT2D eigenvalue weighted by atomic mass is 16.4. The van der Waals surface area contributed by atoms with E-state index in [9.17, 15) is 4.79 Å². The first-order valence-electron chi connectivity index (χ1n) is 6.93. The maximum Gasteiger partial charge on any atom is 0.307 e. The number of hydrogen-bond donors (Lipinski definition) is 3. The van der Waals surface area contributed by atoms with Gasteiger partial charge in [0, 0.05) is 18.3 Å². The molecular formula is C15H22N2O2. The van der Waals surface area contributed by atoms with Gasteiger partial charge in [0.15, 0.2) is 0 Å². The second kappa shape index (κ2) is 6.57. The third kappa shape index (κ3) is 4.56. The number of carboxylic acid groups (broad SMARTS) is 1. The lowest BCUT2D eigenvalue weighted by atomic mass is 9.86. The molecule has 1 aromatic rings. The van der Waals surface area contributed by atoms with E-state index < -0.39 is 5.97 Å². The quantitative estimate of drug-likeness (QED) is 0.760. The lowest BCUT2D eigenvalue weighted by Gasteiger charge is -2.26. The Labute approximate surface area is 114 Å². The summed E-state index contributed by atoms with van der Waals surface area (Å²) >= 11 is 0. The summed E-state index contributed by atoms with van der Waals surface area (Å²) in [5, 5.41) is 12.2. The molecule has 0 atom stereocenters. The summed E-state index contributed by atoms with van der Waals surface area (Å²) in [7, 11) is 0. The van der Waals surface area contributed by atoms with Gasteiger partial charge in [0.05, 0.1) is 6.42 Å². The topological polar surface area (TPSA) is 75.3 Å². The third-order valence-electron chi connectivity index (χ3n) is 3.77. The van der Waals surface area contributed by atoms with Crippen LogP contribution in [0.3, 0.4) is 0 Å². The third-order valence-corrected chi connectivity index (χ3v) is 3.77. The van der Waals surface area contributed by atoms with E-state index in [2.05, 4.69) is 5.32 Å². The molecule has 0 aromatic heterocycles. The molecule has 4 nitrogen and oxygen atoms in total. The zero-order valence-electron chi connectivity index (χ0n) is 11.1. The van der Waals surface area contributed by atoms with Crippen LogP contribution in [0.4, 0.5) is 5.69 Å². The average molecular weight is 262 g/mol. The van der Waals surface area contributed by atoms with Gasteiger partial charge in [0.25, 0.3) is 0 Å². The van der Waals surface area contributed by atoms with Gasteiger partial charge in [0.2, 0.25) is 0 Å². The Hall–Kier alpha value is -1.55. The summed E-state index contributed by atoms with van der Waals surface area (Å²) in [6.07, 6.45) is 4.68. The molecule has 1 fully saturated rings. The average Bonchev–Trinajstić information content (AvgIpc) is 2.38. The van der Waals surface area contributed by atoms with Gasteiger partial charge in [0.1, 0.15) is 0 Å². The van der Waals surface area contributed by atoms with Crippen LogP contribution in [0, 0.1) is 5.92 Å². The van der Waals surface area contributed by atoms with Crippen molar-refractivity contribution in [1.82, 2.24) is 0 Å². The summed E-state index contributed by atoms with van der Waals surface area (Å²) in [5.41, 5.74) is 7.74. The van der Waals surface area contributed by atoms with Crippen LogP contribution in [0.25, 0.3) is 0 Å². The first kappa shape index (κ1) is 13.9. The largest absolute Gasteiger partial charge is 0.481 e. The Morgan fingerprint density at radius 1 is 1.32 bits per heavy atom. The fourth-order valence-electron chi connectivity index (χ4n) is 2.62. The van der Waals surface area contributed by atoms with Crippen LogP contribution in [-0.2, 0) is 11.2 Å². The van der Waals surface area contributed by atoms with E-state index in [0.717, 1.165) is 30.6 Å². The van der Waals surface area contributed by atoms with E-state index in [0.29, 0.717) is 12.0 Å². The first-order chi connectivity index (χ1) is 9.13. The van der Waals surface area contributed by atoms with E-state index in [1.54, 1.807) is 0 Å². The van der Waals surface area contributed by atoms with Gasteiger partial charge in [-0.15, -0.1) is 0 Å². The van der Waals surface area contributed by atoms with Crippen molar-refractivity contribution in [1.29, 1.82) is 0 Å². The molecule has 0 aliphatic heterocycles. The first-order valence-corrected chi connectivity index (χ1v) is 6.93. The van der Waals surface area contributed by atoms with Crippen LogP contribution in [0.5, 0.6) is 0 Å². The molecule has 0 amide bonds. The Morgan fingerprint density at radius 3 is 2.74 bits per heavy atom. The molecule has 2 rings (SSSR count). The van der Waals surface area contributed by atoms with Gasteiger partial charge >= 0.3 is 5.97 Å². The van der Waals surface area contributed by atoms with E-state index >= 15 is 0 Å². The number of rotatable bonds is 5. The Bertz CT molecular complexity index is 426. The molecule has 1 aliphatic carbocycles. The number of hydrogen-bond acceptors (Lipinski definition) is 3. The molecule has 0 heterocycles. The summed E-state index contributed by atoms with van der Waals surface area (Å²) < 4.78 is 0. The fourth-order valence-corrected chi connectivity index (χ4v) is 2.62. The summed E-state index contributed by atoms with van der Waals surface area (Å²) in [6, 6.07) is 8.04. The molecule has 19 heavy (non-hydrogen) atoms. The minimum atomic E-state index is -0.793. The van der Waals surface area contributed by atoms with Gasteiger partial charge in [-0.2, -0.15) is 0 Å². The smallest absolute Gasteiger partial charge is 0.307 e. The Morgan fingerprint density at radius 2 is 2.05 bits per heavy atom. The van der Waals surface area contributed by atoms with Gasteiger partial charge < -0.3 is 16.2 Å². The van der Waals surface area contributed by atoms with Crippen LogP contribution in [0.1, 0.15) is 31.2 Å². The van der Waals surface area contributed by atoms with Crippen molar-refractivity contribution < 1.29 is 9.90 Å². The molecule has 1 saturated carbocycles. The molecule has 4 N–H and O–H groups in total. The van der Waals surface area contributed by atoms with Crippen LogP contribution in [0.15, 0.2) is 24.3 Å². The van der Waals surface area contributed by atoms with Crippen molar-refractivity contribution in [2.45, 2.75) is 38.1 Å². The second-order valence-corrected chi connectivity index (χ2v) is 5.43. The highest BCUT2D eigenvalue weighted by Gasteiger charge is 2.18. The minimum Gasteiger partial charge on any atom is -0.481 e. The van der Waals surface area contributed by atoms with Crippen molar-refractivity contribution in [3.63, 3.8) is 0 Å². The van der Waals surface area contributed by atoms with Crippen LogP contribution in [0.2, 0.25) is 0 Å². The molecule has 0 unspecified atom stereocenters.